The third-order valence-electron chi connectivity index (χ3n) is 7.79. The fourth-order valence-corrected chi connectivity index (χ4v) is 5.28. The van der Waals surface area contributed by atoms with Crippen LogP contribution in [0.25, 0.3) is 10.9 Å². The summed E-state index contributed by atoms with van der Waals surface area (Å²) in [5.41, 5.74) is 4.00. The molecule has 0 atom stereocenters. The van der Waals surface area contributed by atoms with Gasteiger partial charge in [0.25, 0.3) is 5.91 Å². The van der Waals surface area contributed by atoms with E-state index in [1.807, 2.05) is 62.4 Å². The van der Waals surface area contributed by atoms with Crippen molar-refractivity contribution in [2.75, 3.05) is 44.0 Å². The Morgan fingerprint density at radius 3 is 2.49 bits per heavy atom. The smallest absolute Gasteiger partial charge is 0.325 e. The molecule has 2 amide bonds. The zero-order valence-electron chi connectivity index (χ0n) is 24.1. The number of pyridine rings is 1. The van der Waals surface area contributed by atoms with Crippen molar-refractivity contribution in [3.05, 3.63) is 84.2 Å². The Morgan fingerprint density at radius 2 is 1.78 bits per heavy atom. The van der Waals surface area contributed by atoms with E-state index in [1.54, 1.807) is 31.1 Å². The number of hydrogen-bond acceptors (Lipinski definition) is 6. The van der Waals surface area contributed by atoms with Gasteiger partial charge in [0.1, 0.15) is 5.82 Å². The van der Waals surface area contributed by atoms with Gasteiger partial charge in [-0.15, -0.1) is 0 Å². The molecular weight excluding hydrogens is 516 g/mol. The Bertz CT molecular complexity index is 1520. The van der Waals surface area contributed by atoms with E-state index in [1.165, 1.54) is 5.56 Å². The molecular formula is C32H38N6O3. The Morgan fingerprint density at radius 1 is 1.05 bits per heavy atom. The maximum atomic E-state index is 13.1. The average molecular weight is 555 g/mol. The highest BCUT2D eigenvalue weighted by Crippen LogP contribution is 2.32. The normalized spacial score (nSPS) is 14.1. The summed E-state index contributed by atoms with van der Waals surface area (Å²) in [4.78, 5) is 31.9. The highest BCUT2D eigenvalue weighted by molar-refractivity contribution is 6.04. The van der Waals surface area contributed by atoms with E-state index in [4.69, 9.17) is 4.74 Å². The summed E-state index contributed by atoms with van der Waals surface area (Å²) in [6.07, 6.45) is 5.69. The van der Waals surface area contributed by atoms with Crippen molar-refractivity contribution in [2.24, 2.45) is 0 Å². The van der Waals surface area contributed by atoms with Crippen LogP contribution in [-0.4, -0.2) is 60.9 Å². The SMILES string of the molecule is CNC(=O)n1ccc2cc(N(CC(C)(C)OC)c3ccnc(NC(=O)c4ccc(C5CCNCC5)cc4)c3)ccc21. The van der Waals surface area contributed by atoms with Gasteiger partial charge in [0.15, 0.2) is 0 Å². The number of fused-ring (bicyclic) bond motifs is 1. The first-order chi connectivity index (χ1) is 19.8. The molecule has 0 aliphatic carbocycles. The van der Waals surface area contributed by atoms with Crippen molar-refractivity contribution in [3.63, 3.8) is 0 Å². The van der Waals surface area contributed by atoms with Gasteiger partial charge >= 0.3 is 6.03 Å². The first-order valence-electron chi connectivity index (χ1n) is 14.0. The van der Waals surface area contributed by atoms with Crippen molar-refractivity contribution in [1.29, 1.82) is 0 Å². The third kappa shape index (κ3) is 6.42. The molecule has 2 aromatic heterocycles. The molecule has 0 bridgehead atoms. The van der Waals surface area contributed by atoms with Crippen molar-refractivity contribution >= 4 is 40.0 Å². The fraction of sp³-hybridized carbons (Fsp3) is 0.344. The lowest BCUT2D eigenvalue weighted by molar-refractivity contribution is 0.0308. The minimum Gasteiger partial charge on any atom is -0.377 e. The molecule has 41 heavy (non-hydrogen) atoms. The molecule has 0 radical (unpaired) electrons. The molecule has 1 aliphatic heterocycles. The number of benzene rings is 2. The molecule has 0 saturated carbocycles. The number of carbonyl (C=O) groups excluding carboxylic acids is 2. The molecule has 3 heterocycles. The number of ether oxygens (including phenoxy) is 1. The number of amides is 2. The molecule has 2 aromatic carbocycles. The first kappa shape index (κ1) is 28.3. The summed E-state index contributed by atoms with van der Waals surface area (Å²) in [5.74, 6) is 0.796. The molecule has 1 fully saturated rings. The molecule has 9 heteroatoms. The van der Waals surface area contributed by atoms with Gasteiger partial charge in [-0.25, -0.2) is 9.78 Å². The molecule has 214 valence electrons. The molecule has 0 spiro atoms. The number of carbonyl (C=O) groups is 2. The maximum absolute atomic E-state index is 13.1. The van der Waals surface area contributed by atoms with Crippen molar-refractivity contribution < 1.29 is 14.3 Å². The van der Waals surface area contributed by atoms with Crippen molar-refractivity contribution in [1.82, 2.24) is 20.2 Å². The molecule has 4 aromatic rings. The minimum atomic E-state index is -0.466. The van der Waals surface area contributed by atoms with Gasteiger partial charge in [-0.1, -0.05) is 12.1 Å². The van der Waals surface area contributed by atoms with Gasteiger partial charge in [-0.3, -0.25) is 9.36 Å². The van der Waals surface area contributed by atoms with Gasteiger partial charge in [0.2, 0.25) is 0 Å². The number of nitrogens with zero attached hydrogens (tertiary/aromatic N) is 3. The number of methoxy groups -OCH3 is 1. The molecule has 9 nitrogen and oxygen atoms in total. The van der Waals surface area contributed by atoms with E-state index in [9.17, 15) is 9.59 Å². The van der Waals surface area contributed by atoms with Crippen LogP contribution in [0, 0.1) is 0 Å². The van der Waals surface area contributed by atoms with Gasteiger partial charge in [-0.05, 0) is 93.7 Å². The fourth-order valence-electron chi connectivity index (χ4n) is 5.28. The lowest BCUT2D eigenvalue weighted by atomic mass is 9.90. The highest BCUT2D eigenvalue weighted by atomic mass is 16.5. The predicted octanol–water partition coefficient (Wildman–Crippen LogP) is 5.51. The van der Waals surface area contributed by atoms with E-state index in [0.29, 0.717) is 23.8 Å². The first-order valence-corrected chi connectivity index (χ1v) is 14.0. The Labute approximate surface area is 240 Å². The van der Waals surface area contributed by atoms with E-state index in [-0.39, 0.29) is 11.9 Å². The summed E-state index contributed by atoms with van der Waals surface area (Å²) >= 11 is 0. The summed E-state index contributed by atoms with van der Waals surface area (Å²) in [7, 11) is 3.31. The highest BCUT2D eigenvalue weighted by Gasteiger charge is 2.24. The third-order valence-corrected chi connectivity index (χ3v) is 7.79. The Hall–Kier alpha value is -4.21. The lowest BCUT2D eigenvalue weighted by Gasteiger charge is -2.33. The second-order valence-corrected chi connectivity index (χ2v) is 11.0. The summed E-state index contributed by atoms with van der Waals surface area (Å²) < 4.78 is 7.35. The van der Waals surface area contributed by atoms with Gasteiger partial charge < -0.3 is 25.6 Å². The van der Waals surface area contributed by atoms with Crippen LogP contribution in [0.2, 0.25) is 0 Å². The van der Waals surface area contributed by atoms with E-state index >= 15 is 0 Å². The number of rotatable bonds is 8. The lowest BCUT2D eigenvalue weighted by Crippen LogP contribution is -2.37. The monoisotopic (exact) mass is 554 g/mol. The van der Waals surface area contributed by atoms with Crippen LogP contribution in [0.5, 0.6) is 0 Å². The van der Waals surface area contributed by atoms with E-state index < -0.39 is 5.60 Å². The minimum absolute atomic E-state index is 0.194. The van der Waals surface area contributed by atoms with Gasteiger partial charge in [0.05, 0.1) is 17.7 Å². The number of piperidine rings is 1. The zero-order valence-corrected chi connectivity index (χ0v) is 24.1. The van der Waals surface area contributed by atoms with Crippen molar-refractivity contribution in [2.45, 2.75) is 38.2 Å². The topological polar surface area (TPSA) is 101 Å². The van der Waals surface area contributed by atoms with Crippen LogP contribution < -0.4 is 20.9 Å². The number of aromatic nitrogens is 2. The Balaban J connectivity index is 1.39. The second-order valence-electron chi connectivity index (χ2n) is 11.0. The quantitative estimate of drug-likeness (QED) is 0.266. The molecule has 3 N–H and O–H groups in total. The number of anilines is 3. The number of nitrogens with one attached hydrogen (secondary N) is 3. The van der Waals surface area contributed by atoms with Crippen LogP contribution in [0.3, 0.4) is 0 Å². The molecule has 1 saturated heterocycles. The Kier molecular flexibility index (Phi) is 8.37. The van der Waals surface area contributed by atoms with Crippen molar-refractivity contribution in [3.8, 4) is 0 Å². The molecule has 5 rings (SSSR count). The average Bonchev–Trinajstić information content (AvgIpc) is 3.43. The van der Waals surface area contributed by atoms with E-state index in [2.05, 4.69) is 38.0 Å². The largest absolute Gasteiger partial charge is 0.377 e. The second kappa shape index (κ2) is 12.1. The van der Waals surface area contributed by atoms with Crippen LogP contribution in [-0.2, 0) is 4.74 Å². The van der Waals surface area contributed by atoms with Crippen LogP contribution in [0.15, 0.2) is 73.1 Å². The molecule has 0 unspecified atom stereocenters. The van der Waals surface area contributed by atoms with Crippen LogP contribution >= 0.6 is 0 Å². The number of hydrogen-bond donors (Lipinski definition) is 3. The summed E-state index contributed by atoms with van der Waals surface area (Å²) in [6.45, 7) is 6.66. The van der Waals surface area contributed by atoms with Crippen LogP contribution in [0.4, 0.5) is 22.0 Å². The zero-order chi connectivity index (χ0) is 29.0. The molecule has 1 aliphatic rings. The van der Waals surface area contributed by atoms with Gasteiger partial charge in [-0.2, -0.15) is 0 Å². The van der Waals surface area contributed by atoms with Crippen LogP contribution in [0.1, 0.15) is 48.5 Å². The predicted molar refractivity (Wildman–Crippen MR) is 163 cm³/mol. The standard InChI is InChI=1S/C32H38N6O3/c1-32(2,41-4)21-38(26-9-10-28-25(19-26)14-18-37(28)31(40)33-3)27-13-17-35-29(20-27)36-30(39)24-7-5-22(6-8-24)23-11-15-34-16-12-23/h5-10,13-14,17-20,23,34H,11-12,15-16,21H2,1-4H3,(H,33,40)(H,35,36,39). The van der Waals surface area contributed by atoms with Gasteiger partial charge in [0, 0.05) is 54.9 Å². The maximum Gasteiger partial charge on any atom is 0.325 e. The summed E-state index contributed by atoms with van der Waals surface area (Å²) in [6, 6.07) is 19.4. The summed E-state index contributed by atoms with van der Waals surface area (Å²) in [5, 5.41) is 9.96. The van der Waals surface area contributed by atoms with E-state index in [0.717, 1.165) is 48.2 Å².